The highest BCUT2D eigenvalue weighted by molar-refractivity contribution is 7.94. The lowest BCUT2D eigenvalue weighted by Gasteiger charge is -2.18. The fraction of sp³-hybridized carbons (Fsp3) is 0.235. The molecule has 0 aliphatic heterocycles. The molecule has 1 aromatic carbocycles. The average Bonchev–Trinajstić information content (AvgIpc) is 3.14. The summed E-state index contributed by atoms with van der Waals surface area (Å²) < 4.78 is 27.3. The van der Waals surface area contributed by atoms with E-state index in [2.05, 4.69) is 21.8 Å². The molecule has 0 aliphatic rings. The van der Waals surface area contributed by atoms with Gasteiger partial charge in [0.25, 0.3) is 10.0 Å². The molecule has 0 unspecified atom stereocenters. The summed E-state index contributed by atoms with van der Waals surface area (Å²) in [5, 5.41) is 17.8. The molecule has 0 aliphatic carbocycles. The second kappa shape index (κ2) is 8.17. The summed E-state index contributed by atoms with van der Waals surface area (Å²) in [5.41, 5.74) is 3.63. The molecule has 1 aromatic heterocycles. The van der Waals surface area contributed by atoms with E-state index in [1.165, 1.54) is 18.2 Å². The lowest BCUT2D eigenvalue weighted by atomic mass is 10.1. The third-order valence-electron chi connectivity index (χ3n) is 3.67. The van der Waals surface area contributed by atoms with Crippen LogP contribution in [0.15, 0.2) is 63.4 Å². The summed E-state index contributed by atoms with van der Waals surface area (Å²) in [6.45, 7) is 7.82. The highest BCUT2D eigenvalue weighted by atomic mass is 32.2. The maximum absolute atomic E-state index is 12.4. The molecule has 2 N–H and O–H groups in total. The van der Waals surface area contributed by atoms with Crippen LogP contribution >= 0.6 is 11.3 Å². The SMILES string of the molecule is C=C(NN=C([O-])c1ccccc1NS(=O)(=O)c1cccs1)[C@@H](C)CC. The molecular formula is C17H20N3O3S2-. The Morgan fingerprint density at radius 3 is 2.68 bits per heavy atom. The molecule has 0 radical (unpaired) electrons. The number of sulfonamides is 1. The molecule has 6 nitrogen and oxygen atoms in total. The lowest BCUT2D eigenvalue weighted by Crippen LogP contribution is -2.26. The Hall–Kier alpha value is -2.32. The van der Waals surface area contributed by atoms with Crippen molar-refractivity contribution in [3.63, 3.8) is 0 Å². The smallest absolute Gasteiger partial charge is 0.271 e. The minimum absolute atomic E-state index is 0.159. The molecule has 2 rings (SSSR count). The normalized spacial score (nSPS) is 13.3. The Kier molecular flexibility index (Phi) is 6.22. The van der Waals surface area contributed by atoms with E-state index in [4.69, 9.17) is 0 Å². The van der Waals surface area contributed by atoms with Crippen molar-refractivity contribution < 1.29 is 13.5 Å². The van der Waals surface area contributed by atoms with Crippen molar-refractivity contribution in [2.75, 3.05) is 4.72 Å². The van der Waals surface area contributed by atoms with Gasteiger partial charge in [-0.1, -0.05) is 44.7 Å². The molecule has 0 amide bonds. The van der Waals surface area contributed by atoms with E-state index in [1.807, 2.05) is 13.8 Å². The van der Waals surface area contributed by atoms with Gasteiger partial charge >= 0.3 is 0 Å². The first-order valence-electron chi connectivity index (χ1n) is 7.70. The maximum atomic E-state index is 12.4. The van der Waals surface area contributed by atoms with Crippen molar-refractivity contribution >= 4 is 32.9 Å². The predicted octanol–water partition coefficient (Wildman–Crippen LogP) is 2.72. The molecule has 2 aromatic rings. The second-order valence-electron chi connectivity index (χ2n) is 5.45. The molecule has 0 bridgehead atoms. The molecule has 134 valence electrons. The van der Waals surface area contributed by atoms with E-state index in [0.717, 1.165) is 17.8 Å². The highest BCUT2D eigenvalue weighted by Crippen LogP contribution is 2.22. The predicted molar refractivity (Wildman–Crippen MR) is 99.8 cm³/mol. The van der Waals surface area contributed by atoms with E-state index in [1.54, 1.807) is 23.6 Å². The van der Waals surface area contributed by atoms with Crippen LogP contribution < -0.4 is 15.3 Å². The van der Waals surface area contributed by atoms with E-state index in [9.17, 15) is 13.5 Å². The molecule has 8 heteroatoms. The number of hydrazone groups is 1. The average molecular weight is 378 g/mol. The monoisotopic (exact) mass is 378 g/mol. The van der Waals surface area contributed by atoms with Gasteiger partial charge in [-0.2, -0.15) is 5.10 Å². The number of rotatable bonds is 8. The summed E-state index contributed by atoms with van der Waals surface area (Å²) >= 11 is 1.10. The fourth-order valence-corrected chi connectivity index (χ4v) is 3.98. The number of anilines is 1. The summed E-state index contributed by atoms with van der Waals surface area (Å²) in [7, 11) is -3.74. The van der Waals surface area contributed by atoms with Crippen molar-refractivity contribution in [2.24, 2.45) is 11.0 Å². The topological polar surface area (TPSA) is 93.6 Å². The first kappa shape index (κ1) is 19.0. The molecule has 0 fully saturated rings. The minimum atomic E-state index is -3.74. The third kappa shape index (κ3) is 4.83. The van der Waals surface area contributed by atoms with Crippen LogP contribution in [-0.4, -0.2) is 14.3 Å². The van der Waals surface area contributed by atoms with E-state index >= 15 is 0 Å². The summed E-state index contributed by atoms with van der Waals surface area (Å²) in [6, 6.07) is 9.49. The molecule has 0 saturated carbocycles. The van der Waals surface area contributed by atoms with Gasteiger partial charge in [0.1, 0.15) is 4.21 Å². The number of para-hydroxylation sites is 1. The van der Waals surface area contributed by atoms with Crippen molar-refractivity contribution in [1.82, 2.24) is 5.43 Å². The molecule has 0 spiro atoms. The zero-order chi connectivity index (χ0) is 18.4. The molecular weight excluding hydrogens is 358 g/mol. The Morgan fingerprint density at radius 2 is 2.04 bits per heavy atom. The highest BCUT2D eigenvalue weighted by Gasteiger charge is 2.16. The van der Waals surface area contributed by atoms with Crippen molar-refractivity contribution in [3.05, 3.63) is 59.6 Å². The summed E-state index contributed by atoms with van der Waals surface area (Å²) in [6.07, 6.45) is 0.868. The first-order valence-corrected chi connectivity index (χ1v) is 10.1. The minimum Gasteiger partial charge on any atom is -0.857 e. The number of allylic oxidation sites excluding steroid dienone is 1. The van der Waals surface area contributed by atoms with Crippen LogP contribution in [-0.2, 0) is 10.0 Å². The van der Waals surface area contributed by atoms with Crippen LogP contribution in [0.5, 0.6) is 0 Å². The van der Waals surface area contributed by atoms with Gasteiger partial charge in [0.05, 0.1) is 5.69 Å². The molecule has 0 saturated heterocycles. The van der Waals surface area contributed by atoms with Crippen molar-refractivity contribution in [3.8, 4) is 0 Å². The Balaban J connectivity index is 2.24. The van der Waals surface area contributed by atoms with Crippen LogP contribution in [0, 0.1) is 5.92 Å². The van der Waals surface area contributed by atoms with Gasteiger partial charge in [-0.3, -0.25) is 10.1 Å². The first-order chi connectivity index (χ1) is 11.8. The lowest BCUT2D eigenvalue weighted by molar-refractivity contribution is -0.213. The quantitative estimate of drug-likeness (QED) is 0.420. The number of nitrogens with zero attached hydrogens (tertiary/aromatic N) is 1. The van der Waals surface area contributed by atoms with Crippen LogP contribution in [0.4, 0.5) is 5.69 Å². The van der Waals surface area contributed by atoms with Crippen molar-refractivity contribution in [2.45, 2.75) is 24.5 Å². The molecule has 25 heavy (non-hydrogen) atoms. The van der Waals surface area contributed by atoms with Gasteiger partial charge in [-0.05, 0) is 29.9 Å². The Labute approximate surface area is 152 Å². The zero-order valence-corrected chi connectivity index (χ0v) is 15.7. The van der Waals surface area contributed by atoms with Crippen LogP contribution in [0.2, 0.25) is 0 Å². The second-order valence-corrected chi connectivity index (χ2v) is 8.30. The van der Waals surface area contributed by atoms with Crippen molar-refractivity contribution in [1.29, 1.82) is 0 Å². The Morgan fingerprint density at radius 1 is 1.32 bits per heavy atom. The summed E-state index contributed by atoms with van der Waals surface area (Å²) in [4.78, 5) is 0. The van der Waals surface area contributed by atoms with Gasteiger partial charge in [0, 0.05) is 17.2 Å². The number of nitrogens with one attached hydrogen (secondary N) is 2. The number of hydrogen-bond acceptors (Lipinski definition) is 6. The van der Waals surface area contributed by atoms with Crippen LogP contribution in [0.1, 0.15) is 25.8 Å². The van der Waals surface area contributed by atoms with Gasteiger partial charge < -0.3 is 5.11 Å². The maximum Gasteiger partial charge on any atom is 0.271 e. The van der Waals surface area contributed by atoms with Gasteiger partial charge in [-0.25, -0.2) is 8.42 Å². The van der Waals surface area contributed by atoms with E-state index in [0.29, 0.717) is 5.70 Å². The number of thiophene rings is 1. The Bertz CT molecular complexity index is 859. The standard InChI is InChI=1S/C17H21N3O3S2/c1-4-12(2)13(3)18-19-17(21)14-8-5-6-9-15(14)20-25(22,23)16-10-7-11-24-16/h5-12,18,20H,3-4H2,1-2H3,(H,19,21)/p-1/t12-/m0/s1. The number of hydrogen-bond donors (Lipinski definition) is 2. The third-order valence-corrected chi connectivity index (χ3v) is 6.43. The van der Waals surface area contributed by atoms with E-state index in [-0.39, 0.29) is 21.4 Å². The van der Waals surface area contributed by atoms with Gasteiger partial charge in [-0.15, -0.1) is 11.3 Å². The van der Waals surface area contributed by atoms with E-state index < -0.39 is 15.9 Å². The van der Waals surface area contributed by atoms with Crippen LogP contribution in [0.3, 0.4) is 0 Å². The van der Waals surface area contributed by atoms with Crippen LogP contribution in [0.25, 0.3) is 0 Å². The van der Waals surface area contributed by atoms with Gasteiger partial charge in [0.2, 0.25) is 0 Å². The molecule has 1 heterocycles. The number of benzene rings is 1. The zero-order valence-electron chi connectivity index (χ0n) is 14.0. The van der Waals surface area contributed by atoms with Gasteiger partial charge in [0.15, 0.2) is 0 Å². The largest absolute Gasteiger partial charge is 0.857 e. The fourth-order valence-electron chi connectivity index (χ4n) is 1.91. The molecule has 1 atom stereocenters. The summed E-state index contributed by atoms with van der Waals surface area (Å²) in [5.74, 6) is -0.405.